The molecule has 0 radical (unpaired) electrons. The van der Waals surface area contributed by atoms with Crippen LogP contribution in [0.3, 0.4) is 0 Å². The van der Waals surface area contributed by atoms with Gasteiger partial charge in [-0.2, -0.15) is 0 Å². The second-order valence-electron chi connectivity index (χ2n) is 12.5. The Hall–Kier alpha value is -4.45. The molecular formula is C35H44FN5O6. The molecule has 3 N–H and O–H groups in total. The minimum Gasteiger partial charge on any atom is -0.497 e. The first-order valence-corrected chi connectivity index (χ1v) is 16.4. The fraction of sp³-hybridized carbons (Fsp3) is 0.486. The summed E-state index contributed by atoms with van der Waals surface area (Å²) in [4.78, 5) is 56.6. The molecule has 3 aromatic rings. The maximum atomic E-state index is 15.5. The van der Waals surface area contributed by atoms with Gasteiger partial charge in [0.2, 0.25) is 17.7 Å². The third-order valence-electron chi connectivity index (χ3n) is 9.22. The van der Waals surface area contributed by atoms with Gasteiger partial charge in [0.05, 0.1) is 18.4 Å². The van der Waals surface area contributed by atoms with Gasteiger partial charge in [-0.15, -0.1) is 0 Å². The van der Waals surface area contributed by atoms with Crippen molar-refractivity contribution in [3.63, 3.8) is 0 Å². The number of hydrogen-bond donors (Lipinski definition) is 3. The van der Waals surface area contributed by atoms with Crippen molar-refractivity contribution >= 4 is 40.3 Å². The average Bonchev–Trinajstić information content (AvgIpc) is 3.51. The number of furan rings is 1. The molecule has 1 aromatic heterocycles. The number of methoxy groups -OCH3 is 1. The zero-order valence-electron chi connectivity index (χ0n) is 27.3. The summed E-state index contributed by atoms with van der Waals surface area (Å²) >= 11 is 0. The number of likely N-dealkylation sites (N-methyl/N-ethyl adjacent to an activating group) is 1. The molecule has 1 saturated heterocycles. The van der Waals surface area contributed by atoms with Gasteiger partial charge in [-0.25, -0.2) is 4.39 Å². The maximum absolute atomic E-state index is 15.5. The highest BCUT2D eigenvalue weighted by atomic mass is 19.1. The smallest absolute Gasteiger partial charge is 0.255 e. The molecule has 0 unspecified atom stereocenters. The molecule has 2 aromatic carbocycles. The molecule has 4 amide bonds. The lowest BCUT2D eigenvalue weighted by Gasteiger charge is -2.34. The van der Waals surface area contributed by atoms with Crippen LogP contribution in [-0.4, -0.2) is 85.8 Å². The molecule has 0 bridgehead atoms. The molecule has 0 spiro atoms. The summed E-state index contributed by atoms with van der Waals surface area (Å²) in [5, 5.41) is 8.99. The minimum atomic E-state index is -0.889. The fourth-order valence-electron chi connectivity index (χ4n) is 6.37. The van der Waals surface area contributed by atoms with E-state index in [0.29, 0.717) is 40.9 Å². The summed E-state index contributed by atoms with van der Waals surface area (Å²) in [6.45, 7) is 4.29. The summed E-state index contributed by atoms with van der Waals surface area (Å²) in [6.07, 6.45) is 6.13. The maximum Gasteiger partial charge on any atom is 0.255 e. The number of amides is 4. The second-order valence-corrected chi connectivity index (χ2v) is 12.5. The van der Waals surface area contributed by atoms with E-state index in [4.69, 9.17) is 9.15 Å². The van der Waals surface area contributed by atoms with Gasteiger partial charge in [0.1, 0.15) is 35.5 Å². The van der Waals surface area contributed by atoms with Crippen LogP contribution in [0.4, 0.5) is 10.1 Å². The quantitative estimate of drug-likeness (QED) is 0.285. The molecule has 12 heteroatoms. The Balaban J connectivity index is 1.30. The van der Waals surface area contributed by atoms with Crippen molar-refractivity contribution in [3.05, 3.63) is 59.6 Å². The van der Waals surface area contributed by atoms with Crippen molar-refractivity contribution in [2.75, 3.05) is 45.7 Å². The highest BCUT2D eigenvalue weighted by Gasteiger charge is 2.33. The van der Waals surface area contributed by atoms with Crippen LogP contribution < -0.4 is 20.7 Å². The average molecular weight is 650 g/mol. The molecule has 5 rings (SSSR count). The van der Waals surface area contributed by atoms with E-state index in [1.165, 1.54) is 18.4 Å². The molecule has 2 atom stereocenters. The first kappa shape index (κ1) is 33.9. The summed E-state index contributed by atoms with van der Waals surface area (Å²) in [6, 6.07) is 7.80. The number of rotatable bonds is 11. The monoisotopic (exact) mass is 649 g/mol. The van der Waals surface area contributed by atoms with E-state index in [9.17, 15) is 19.2 Å². The lowest BCUT2D eigenvalue weighted by molar-refractivity contribution is -0.137. The molecule has 252 valence electrons. The predicted molar refractivity (Wildman–Crippen MR) is 176 cm³/mol. The van der Waals surface area contributed by atoms with Crippen LogP contribution in [0.25, 0.3) is 11.0 Å². The van der Waals surface area contributed by atoms with E-state index < -0.39 is 29.7 Å². The lowest BCUT2D eigenvalue weighted by Crippen LogP contribution is -2.54. The van der Waals surface area contributed by atoms with Crippen molar-refractivity contribution < 1.29 is 32.7 Å². The highest BCUT2D eigenvalue weighted by molar-refractivity contribution is 6.08. The number of piperazine rings is 1. The molecule has 1 aliphatic heterocycles. The number of fused-ring (bicyclic) bond motifs is 1. The molecule has 2 aliphatic rings. The SMILES string of the molecule is CCC(=O)N[C@H](Cc1ccc(NC(=O)[C@@H](NC(=O)c2coc3cc(OC)ccc23)C2CCCCC2)c(F)c1)C(=O)N1CCN(C)CC1. The van der Waals surface area contributed by atoms with Crippen LogP contribution in [0.15, 0.2) is 47.1 Å². The number of carbonyl (C=O) groups excluding carboxylic acids is 4. The van der Waals surface area contributed by atoms with Crippen LogP contribution in [0.1, 0.15) is 61.4 Å². The first-order valence-electron chi connectivity index (χ1n) is 16.4. The highest BCUT2D eigenvalue weighted by Crippen LogP contribution is 2.30. The van der Waals surface area contributed by atoms with Crippen LogP contribution >= 0.6 is 0 Å². The molecule has 2 fully saturated rings. The largest absolute Gasteiger partial charge is 0.497 e. The predicted octanol–water partition coefficient (Wildman–Crippen LogP) is 4.11. The number of halogens is 1. The van der Waals surface area contributed by atoms with E-state index in [0.717, 1.165) is 45.2 Å². The first-order chi connectivity index (χ1) is 22.7. The van der Waals surface area contributed by atoms with Crippen LogP contribution in [0.5, 0.6) is 5.75 Å². The zero-order valence-corrected chi connectivity index (χ0v) is 27.3. The van der Waals surface area contributed by atoms with Gasteiger partial charge < -0.3 is 34.9 Å². The number of nitrogens with one attached hydrogen (secondary N) is 3. The number of nitrogens with zero attached hydrogens (tertiary/aromatic N) is 2. The van der Waals surface area contributed by atoms with Crippen molar-refractivity contribution in [2.24, 2.45) is 5.92 Å². The minimum absolute atomic E-state index is 0.0331. The van der Waals surface area contributed by atoms with Crippen molar-refractivity contribution in [1.82, 2.24) is 20.4 Å². The molecular weight excluding hydrogens is 605 g/mol. The molecule has 2 heterocycles. The Morgan fingerprint density at radius 1 is 1.00 bits per heavy atom. The summed E-state index contributed by atoms with van der Waals surface area (Å²) in [7, 11) is 3.54. The van der Waals surface area contributed by atoms with Gasteiger partial charge in [-0.1, -0.05) is 32.3 Å². The van der Waals surface area contributed by atoms with Gasteiger partial charge in [-0.05, 0) is 55.6 Å². The Morgan fingerprint density at radius 3 is 2.43 bits per heavy atom. The molecule has 47 heavy (non-hydrogen) atoms. The number of hydrogen-bond acceptors (Lipinski definition) is 7. The van der Waals surface area contributed by atoms with E-state index in [1.54, 1.807) is 43.2 Å². The zero-order chi connectivity index (χ0) is 33.5. The van der Waals surface area contributed by atoms with E-state index in [2.05, 4.69) is 20.9 Å². The third-order valence-corrected chi connectivity index (χ3v) is 9.22. The molecule has 1 saturated carbocycles. The van der Waals surface area contributed by atoms with Crippen LogP contribution in [0.2, 0.25) is 0 Å². The standard InChI is InChI=1S/C35H44FN5O6/c1-4-31(42)37-29(35(45)41-16-14-40(2)15-17-41)19-22-10-13-28(27(36)18-22)38-34(44)32(23-8-6-5-7-9-23)39-33(43)26-21-47-30-20-24(46-3)11-12-25(26)30/h10-13,18,20-21,23,29,32H,4-9,14-17,19H2,1-3H3,(H,37,42)(H,38,44)(H,39,43)/t29-,32+/m1/s1. The number of anilines is 1. The lowest BCUT2D eigenvalue weighted by atomic mass is 9.83. The van der Waals surface area contributed by atoms with Gasteiger partial charge >= 0.3 is 0 Å². The number of ether oxygens (including phenoxy) is 1. The Bertz CT molecular complexity index is 1590. The second kappa shape index (κ2) is 15.4. The molecule has 1 aliphatic carbocycles. The van der Waals surface area contributed by atoms with Crippen molar-refractivity contribution in [2.45, 2.75) is 64.0 Å². The third kappa shape index (κ3) is 8.29. The Morgan fingerprint density at radius 2 is 1.74 bits per heavy atom. The Labute approximate surface area is 274 Å². The normalized spacial score (nSPS) is 17.1. The summed E-state index contributed by atoms with van der Waals surface area (Å²) in [5.74, 6) is -1.63. The van der Waals surface area contributed by atoms with Crippen LogP contribution in [-0.2, 0) is 20.8 Å². The summed E-state index contributed by atoms with van der Waals surface area (Å²) in [5.41, 5.74) is 1.25. The summed E-state index contributed by atoms with van der Waals surface area (Å²) < 4.78 is 26.3. The number of carbonyl (C=O) groups is 4. The van der Waals surface area contributed by atoms with Crippen LogP contribution in [0, 0.1) is 11.7 Å². The fourth-order valence-corrected chi connectivity index (χ4v) is 6.37. The van der Waals surface area contributed by atoms with Crippen molar-refractivity contribution in [1.29, 1.82) is 0 Å². The Kier molecular flexibility index (Phi) is 11.1. The van der Waals surface area contributed by atoms with Gasteiger partial charge in [0, 0.05) is 50.5 Å². The van der Waals surface area contributed by atoms with E-state index >= 15 is 4.39 Å². The van der Waals surface area contributed by atoms with Gasteiger partial charge in [-0.3, -0.25) is 19.2 Å². The number of benzene rings is 2. The van der Waals surface area contributed by atoms with E-state index in [1.807, 2.05) is 7.05 Å². The van der Waals surface area contributed by atoms with Gasteiger partial charge in [0.25, 0.3) is 5.91 Å². The van der Waals surface area contributed by atoms with E-state index in [-0.39, 0.29) is 36.3 Å². The van der Waals surface area contributed by atoms with Crippen molar-refractivity contribution in [3.8, 4) is 5.75 Å². The molecule has 11 nitrogen and oxygen atoms in total. The topological polar surface area (TPSA) is 133 Å². The van der Waals surface area contributed by atoms with Gasteiger partial charge in [0.15, 0.2) is 0 Å².